The number of halogens is 1. The van der Waals surface area contributed by atoms with Crippen LogP contribution in [0.15, 0.2) is 54.6 Å². The van der Waals surface area contributed by atoms with Gasteiger partial charge in [0.25, 0.3) is 5.91 Å². The van der Waals surface area contributed by atoms with Crippen LogP contribution >= 0.6 is 11.6 Å². The Balaban J connectivity index is 1.37. The molecule has 176 valence electrons. The second-order valence-corrected chi connectivity index (χ2v) is 8.60. The van der Waals surface area contributed by atoms with Crippen molar-refractivity contribution >= 4 is 35.2 Å². The third-order valence-electron chi connectivity index (χ3n) is 5.66. The molecule has 2 amide bonds. The van der Waals surface area contributed by atoms with Crippen molar-refractivity contribution in [3.8, 4) is 0 Å². The zero-order chi connectivity index (χ0) is 24.1. The highest BCUT2D eigenvalue weighted by Crippen LogP contribution is 2.22. The summed E-state index contributed by atoms with van der Waals surface area (Å²) in [7, 11) is 0. The van der Waals surface area contributed by atoms with Crippen LogP contribution in [0, 0.1) is 13.8 Å². The molecule has 1 saturated heterocycles. The summed E-state index contributed by atoms with van der Waals surface area (Å²) >= 11 is 6.54. The number of aryl methyl sites for hydroxylation is 2. The Morgan fingerprint density at radius 2 is 1.74 bits per heavy atom. The number of ether oxygens (including phenoxy) is 1. The van der Waals surface area contributed by atoms with Gasteiger partial charge in [0.1, 0.15) is 5.15 Å². The molecule has 3 aromatic rings. The largest absolute Gasteiger partial charge is 0.378 e. The third kappa shape index (κ3) is 5.73. The van der Waals surface area contributed by atoms with Gasteiger partial charge in [-0.3, -0.25) is 9.59 Å². The smallest absolute Gasteiger partial charge is 0.254 e. The van der Waals surface area contributed by atoms with Crippen molar-refractivity contribution in [3.63, 3.8) is 0 Å². The summed E-state index contributed by atoms with van der Waals surface area (Å²) in [4.78, 5) is 26.8. The van der Waals surface area contributed by atoms with Crippen molar-refractivity contribution in [2.24, 2.45) is 0 Å². The van der Waals surface area contributed by atoms with E-state index < -0.39 is 0 Å². The molecule has 0 bridgehead atoms. The van der Waals surface area contributed by atoms with Crippen LogP contribution in [-0.2, 0) is 16.1 Å². The van der Waals surface area contributed by atoms with E-state index in [2.05, 4.69) is 22.5 Å². The van der Waals surface area contributed by atoms with Gasteiger partial charge >= 0.3 is 0 Å². The second kappa shape index (κ2) is 10.7. The first-order valence-electron chi connectivity index (χ1n) is 11.2. The lowest BCUT2D eigenvalue weighted by Crippen LogP contribution is -2.40. The lowest BCUT2D eigenvalue weighted by molar-refractivity contribution is -0.111. The van der Waals surface area contributed by atoms with E-state index in [1.807, 2.05) is 26.0 Å². The summed E-state index contributed by atoms with van der Waals surface area (Å²) in [5.74, 6) is -0.331. The summed E-state index contributed by atoms with van der Waals surface area (Å²) in [6, 6.07) is 15.1. The minimum atomic E-state index is -0.297. The third-order valence-corrected chi connectivity index (χ3v) is 6.06. The van der Waals surface area contributed by atoms with E-state index in [-0.39, 0.29) is 11.8 Å². The molecular formula is C26H27ClN4O3. The van der Waals surface area contributed by atoms with Crippen molar-refractivity contribution in [1.29, 1.82) is 0 Å². The van der Waals surface area contributed by atoms with Crippen LogP contribution in [0.4, 0.5) is 5.69 Å². The molecule has 0 atom stereocenters. The summed E-state index contributed by atoms with van der Waals surface area (Å²) in [6.45, 7) is 6.75. The fraction of sp³-hybridized carbons (Fsp3) is 0.269. The molecule has 1 N–H and O–H groups in total. The Kier molecular flexibility index (Phi) is 7.45. The maximum absolute atomic E-state index is 12.5. The van der Waals surface area contributed by atoms with E-state index in [1.165, 1.54) is 11.6 Å². The minimum absolute atomic E-state index is 0.0335. The monoisotopic (exact) mass is 478 g/mol. The van der Waals surface area contributed by atoms with Crippen LogP contribution in [0.1, 0.15) is 32.7 Å². The maximum atomic E-state index is 12.5. The first-order chi connectivity index (χ1) is 16.4. The van der Waals surface area contributed by atoms with E-state index in [4.69, 9.17) is 16.3 Å². The summed E-state index contributed by atoms with van der Waals surface area (Å²) in [6.07, 6.45) is 3.10. The van der Waals surface area contributed by atoms with Crippen molar-refractivity contribution in [2.45, 2.75) is 20.4 Å². The Morgan fingerprint density at radius 1 is 1.06 bits per heavy atom. The topological polar surface area (TPSA) is 76.5 Å². The first-order valence-corrected chi connectivity index (χ1v) is 11.5. The number of nitrogens with zero attached hydrogens (tertiary/aromatic N) is 3. The molecule has 8 heteroatoms. The molecule has 1 aromatic heterocycles. The van der Waals surface area contributed by atoms with Gasteiger partial charge < -0.3 is 15.0 Å². The van der Waals surface area contributed by atoms with Gasteiger partial charge in [-0.25, -0.2) is 4.68 Å². The van der Waals surface area contributed by atoms with Gasteiger partial charge in [0.15, 0.2) is 0 Å². The van der Waals surface area contributed by atoms with Crippen molar-refractivity contribution < 1.29 is 14.3 Å². The SMILES string of the molecule is Cc1ccc(Cn2nc(C)c(C=CC(=O)Nc3ccc(C(=O)N4CCOCC4)cc3)c2Cl)cc1. The standard InChI is InChI=1S/C26H27ClN4O3/c1-18-3-5-20(6-4-18)17-31-25(27)23(19(2)29-31)11-12-24(32)28-22-9-7-21(8-10-22)26(33)30-13-15-34-16-14-30/h3-12H,13-17H2,1-2H3,(H,28,32). The number of anilines is 1. The molecule has 2 aromatic carbocycles. The van der Waals surface area contributed by atoms with Gasteiger partial charge in [-0.15, -0.1) is 0 Å². The number of rotatable bonds is 6. The first kappa shape index (κ1) is 23.7. The maximum Gasteiger partial charge on any atom is 0.254 e. The lowest BCUT2D eigenvalue weighted by Gasteiger charge is -2.26. The molecule has 0 aliphatic carbocycles. The van der Waals surface area contributed by atoms with Crippen molar-refractivity contribution in [1.82, 2.24) is 14.7 Å². The summed E-state index contributed by atoms with van der Waals surface area (Å²) in [5, 5.41) is 7.80. The van der Waals surface area contributed by atoms with Crippen LogP contribution in [0.25, 0.3) is 6.08 Å². The fourth-order valence-corrected chi connectivity index (χ4v) is 4.01. The number of hydrogen-bond donors (Lipinski definition) is 1. The average molecular weight is 479 g/mol. The van der Waals surface area contributed by atoms with Crippen LogP contribution in [0.3, 0.4) is 0 Å². The highest BCUT2D eigenvalue weighted by atomic mass is 35.5. The van der Waals surface area contributed by atoms with Gasteiger partial charge in [-0.05, 0) is 49.8 Å². The molecule has 1 aliphatic heterocycles. The number of nitrogens with one attached hydrogen (secondary N) is 1. The number of amides is 2. The molecule has 7 nitrogen and oxygen atoms in total. The minimum Gasteiger partial charge on any atom is -0.378 e. The zero-order valence-corrected chi connectivity index (χ0v) is 20.0. The van der Waals surface area contributed by atoms with Crippen LogP contribution in [0.2, 0.25) is 5.15 Å². The van der Waals surface area contributed by atoms with Gasteiger partial charge in [-0.2, -0.15) is 5.10 Å². The number of carbonyl (C=O) groups excluding carboxylic acids is 2. The van der Waals surface area contributed by atoms with Crippen LogP contribution < -0.4 is 5.32 Å². The Hall–Kier alpha value is -3.42. The molecule has 0 radical (unpaired) electrons. The number of hydrogen-bond acceptors (Lipinski definition) is 4. The second-order valence-electron chi connectivity index (χ2n) is 8.24. The average Bonchev–Trinajstić information content (AvgIpc) is 3.11. The molecule has 1 aliphatic rings. The predicted octanol–water partition coefficient (Wildman–Crippen LogP) is 4.33. The van der Waals surface area contributed by atoms with E-state index in [1.54, 1.807) is 39.9 Å². The molecule has 4 rings (SSSR count). The van der Waals surface area contributed by atoms with Gasteiger partial charge in [-0.1, -0.05) is 41.4 Å². The van der Waals surface area contributed by atoms with Crippen LogP contribution in [-0.4, -0.2) is 52.8 Å². The summed E-state index contributed by atoms with van der Waals surface area (Å²) < 4.78 is 7.01. The molecule has 2 heterocycles. The highest BCUT2D eigenvalue weighted by Gasteiger charge is 2.18. The van der Waals surface area contributed by atoms with E-state index >= 15 is 0 Å². The van der Waals surface area contributed by atoms with Crippen molar-refractivity contribution in [2.75, 3.05) is 31.6 Å². The van der Waals surface area contributed by atoms with Crippen molar-refractivity contribution in [3.05, 3.63) is 87.7 Å². The van der Waals surface area contributed by atoms with E-state index in [9.17, 15) is 9.59 Å². The van der Waals surface area contributed by atoms with Crippen LogP contribution in [0.5, 0.6) is 0 Å². The molecule has 34 heavy (non-hydrogen) atoms. The number of aromatic nitrogens is 2. The molecular weight excluding hydrogens is 452 g/mol. The number of carbonyl (C=O) groups is 2. The Morgan fingerprint density at radius 3 is 2.41 bits per heavy atom. The van der Waals surface area contributed by atoms with Gasteiger partial charge in [0, 0.05) is 36.0 Å². The fourth-order valence-electron chi connectivity index (χ4n) is 3.72. The number of morpholine rings is 1. The van der Waals surface area contributed by atoms with E-state index in [0.717, 1.165) is 11.3 Å². The van der Waals surface area contributed by atoms with E-state index in [0.29, 0.717) is 54.8 Å². The predicted molar refractivity (Wildman–Crippen MR) is 133 cm³/mol. The van der Waals surface area contributed by atoms with Gasteiger partial charge in [0.05, 0.1) is 25.5 Å². The quantitative estimate of drug-likeness (QED) is 0.535. The Bertz CT molecular complexity index is 1190. The summed E-state index contributed by atoms with van der Waals surface area (Å²) in [5.41, 5.74) is 4.92. The lowest BCUT2D eigenvalue weighted by atomic mass is 10.1. The molecule has 0 spiro atoms. The number of benzene rings is 2. The molecule has 1 fully saturated rings. The highest BCUT2D eigenvalue weighted by molar-refractivity contribution is 6.31. The molecule has 0 unspecified atom stereocenters. The Labute approximate surface area is 204 Å². The zero-order valence-electron chi connectivity index (χ0n) is 19.3. The van der Waals surface area contributed by atoms with Gasteiger partial charge in [0.2, 0.25) is 5.91 Å². The molecule has 0 saturated carbocycles. The normalized spacial score (nSPS) is 13.9.